The van der Waals surface area contributed by atoms with Gasteiger partial charge in [-0.1, -0.05) is 31.2 Å². The molecule has 0 amide bonds. The van der Waals surface area contributed by atoms with E-state index in [2.05, 4.69) is 35.4 Å². The van der Waals surface area contributed by atoms with E-state index in [-0.39, 0.29) is 0 Å². The van der Waals surface area contributed by atoms with Gasteiger partial charge in [0.25, 0.3) is 0 Å². The fourth-order valence-corrected chi connectivity index (χ4v) is 1.90. The Balaban J connectivity index is 1.83. The van der Waals surface area contributed by atoms with E-state index >= 15 is 0 Å². The number of benzene rings is 1. The highest BCUT2D eigenvalue weighted by Gasteiger charge is 2.02. The summed E-state index contributed by atoms with van der Waals surface area (Å²) in [6.07, 6.45) is 2.67. The van der Waals surface area contributed by atoms with Crippen LogP contribution < -0.4 is 5.32 Å². The minimum absolute atomic E-state index is 0.646. The summed E-state index contributed by atoms with van der Waals surface area (Å²) in [5, 5.41) is 3.33. The summed E-state index contributed by atoms with van der Waals surface area (Å²) in [5.74, 6) is 1.67. The number of ether oxygens (including phenoxy) is 1. The van der Waals surface area contributed by atoms with Gasteiger partial charge < -0.3 is 14.5 Å². The lowest BCUT2D eigenvalue weighted by molar-refractivity contribution is 0.185. The molecule has 0 atom stereocenters. The Morgan fingerprint density at radius 3 is 2.84 bits per heavy atom. The van der Waals surface area contributed by atoms with Crippen LogP contribution in [0.4, 0.5) is 0 Å². The maximum absolute atomic E-state index is 5.54. The molecule has 0 bridgehead atoms. The van der Waals surface area contributed by atoms with E-state index in [1.54, 1.807) is 13.3 Å². The Labute approximate surface area is 113 Å². The second-order valence-corrected chi connectivity index (χ2v) is 4.43. The molecule has 102 valence electrons. The normalized spacial score (nSPS) is 10.8. The van der Waals surface area contributed by atoms with Crippen molar-refractivity contribution in [3.8, 4) is 0 Å². The Kier molecular flexibility index (Phi) is 5.12. The molecule has 1 N–H and O–H groups in total. The topological polar surface area (TPSA) is 47.3 Å². The molecule has 2 rings (SSSR count). The lowest BCUT2D eigenvalue weighted by Crippen LogP contribution is -2.13. The van der Waals surface area contributed by atoms with Gasteiger partial charge in [0.2, 0.25) is 5.89 Å². The molecule has 2 aromatic rings. The van der Waals surface area contributed by atoms with Crippen LogP contribution in [-0.4, -0.2) is 12.1 Å². The van der Waals surface area contributed by atoms with Crippen molar-refractivity contribution in [3.63, 3.8) is 0 Å². The molecule has 0 aliphatic rings. The molecule has 19 heavy (non-hydrogen) atoms. The first-order valence-electron chi connectivity index (χ1n) is 6.53. The molecule has 0 saturated carbocycles. The second-order valence-electron chi connectivity index (χ2n) is 4.43. The molecule has 4 heteroatoms. The lowest BCUT2D eigenvalue weighted by Gasteiger charge is -2.05. The van der Waals surface area contributed by atoms with E-state index in [0.717, 1.165) is 24.6 Å². The van der Waals surface area contributed by atoms with Crippen molar-refractivity contribution in [1.82, 2.24) is 10.3 Å². The highest BCUT2D eigenvalue weighted by Crippen LogP contribution is 2.07. The Morgan fingerprint density at radius 2 is 2.11 bits per heavy atom. The summed E-state index contributed by atoms with van der Waals surface area (Å²) in [7, 11) is 1.71. The van der Waals surface area contributed by atoms with Gasteiger partial charge in [-0.2, -0.15) is 0 Å². The fraction of sp³-hybridized carbons (Fsp3) is 0.400. The van der Waals surface area contributed by atoms with Crippen LogP contribution in [-0.2, 0) is 30.9 Å². The summed E-state index contributed by atoms with van der Waals surface area (Å²) in [5.41, 5.74) is 2.42. The highest BCUT2D eigenvalue weighted by atomic mass is 16.5. The number of nitrogens with one attached hydrogen (secondary N) is 1. The third-order valence-corrected chi connectivity index (χ3v) is 2.86. The summed E-state index contributed by atoms with van der Waals surface area (Å²) >= 11 is 0. The van der Waals surface area contributed by atoms with E-state index in [1.165, 1.54) is 11.1 Å². The molecular formula is C15H20N2O2. The number of hydrogen-bond donors (Lipinski definition) is 1. The minimum atomic E-state index is 0.646. The van der Waals surface area contributed by atoms with Gasteiger partial charge in [-0.3, -0.25) is 0 Å². The molecule has 0 unspecified atom stereocenters. The SMILES string of the molecule is CCc1cnc(CNCc2cccc(COC)c2)o1. The molecule has 1 aromatic heterocycles. The van der Waals surface area contributed by atoms with E-state index in [1.807, 2.05) is 6.07 Å². The van der Waals surface area contributed by atoms with Gasteiger partial charge in [0.1, 0.15) is 5.76 Å². The van der Waals surface area contributed by atoms with Gasteiger partial charge in [-0.25, -0.2) is 4.98 Å². The van der Waals surface area contributed by atoms with E-state index in [9.17, 15) is 0 Å². The smallest absolute Gasteiger partial charge is 0.208 e. The quantitative estimate of drug-likeness (QED) is 0.831. The standard InChI is InChI=1S/C15H20N2O2/c1-3-14-9-17-15(19-14)10-16-8-12-5-4-6-13(7-12)11-18-2/h4-7,9,16H,3,8,10-11H2,1-2H3. The first-order chi connectivity index (χ1) is 9.31. The minimum Gasteiger partial charge on any atom is -0.444 e. The van der Waals surface area contributed by atoms with Gasteiger partial charge in [0.15, 0.2) is 0 Å². The average molecular weight is 260 g/mol. The maximum Gasteiger partial charge on any atom is 0.208 e. The van der Waals surface area contributed by atoms with Crippen LogP contribution in [0.2, 0.25) is 0 Å². The van der Waals surface area contributed by atoms with Crippen LogP contribution in [0.1, 0.15) is 29.7 Å². The van der Waals surface area contributed by atoms with Crippen LogP contribution in [0.5, 0.6) is 0 Å². The predicted octanol–water partition coefficient (Wildman–Crippen LogP) is 2.67. The number of aryl methyl sites for hydroxylation is 1. The van der Waals surface area contributed by atoms with Crippen molar-refractivity contribution in [1.29, 1.82) is 0 Å². The van der Waals surface area contributed by atoms with E-state index < -0.39 is 0 Å². The van der Waals surface area contributed by atoms with Crippen molar-refractivity contribution in [2.45, 2.75) is 33.0 Å². The van der Waals surface area contributed by atoms with Crippen molar-refractivity contribution >= 4 is 0 Å². The third kappa shape index (κ3) is 4.19. The summed E-state index contributed by atoms with van der Waals surface area (Å²) in [6, 6.07) is 8.35. The number of oxazole rings is 1. The van der Waals surface area contributed by atoms with Crippen LogP contribution in [0.25, 0.3) is 0 Å². The summed E-state index contributed by atoms with van der Waals surface area (Å²) in [6.45, 7) is 4.14. The highest BCUT2D eigenvalue weighted by molar-refractivity contribution is 5.22. The molecule has 4 nitrogen and oxygen atoms in total. The average Bonchev–Trinajstić information content (AvgIpc) is 2.88. The molecule has 0 aliphatic heterocycles. The first kappa shape index (κ1) is 13.8. The van der Waals surface area contributed by atoms with Gasteiger partial charge in [0, 0.05) is 20.1 Å². The van der Waals surface area contributed by atoms with Crippen LogP contribution in [0.3, 0.4) is 0 Å². The van der Waals surface area contributed by atoms with Gasteiger partial charge in [0.05, 0.1) is 19.3 Å². The first-order valence-corrected chi connectivity index (χ1v) is 6.53. The number of nitrogens with zero attached hydrogens (tertiary/aromatic N) is 1. The molecule has 0 saturated heterocycles. The summed E-state index contributed by atoms with van der Waals surface area (Å²) in [4.78, 5) is 4.22. The van der Waals surface area contributed by atoms with Crippen LogP contribution in [0, 0.1) is 0 Å². The van der Waals surface area contributed by atoms with Crippen molar-refractivity contribution < 1.29 is 9.15 Å². The Morgan fingerprint density at radius 1 is 1.26 bits per heavy atom. The van der Waals surface area contributed by atoms with Gasteiger partial charge in [-0.05, 0) is 11.1 Å². The number of hydrogen-bond acceptors (Lipinski definition) is 4. The molecule has 1 heterocycles. The summed E-state index contributed by atoms with van der Waals surface area (Å²) < 4.78 is 10.7. The zero-order valence-corrected chi connectivity index (χ0v) is 11.5. The third-order valence-electron chi connectivity index (χ3n) is 2.86. The molecule has 0 radical (unpaired) electrons. The van der Waals surface area contributed by atoms with E-state index in [4.69, 9.17) is 9.15 Å². The molecule has 0 spiro atoms. The zero-order valence-electron chi connectivity index (χ0n) is 11.5. The van der Waals surface area contributed by atoms with Gasteiger partial charge >= 0.3 is 0 Å². The number of aromatic nitrogens is 1. The predicted molar refractivity (Wildman–Crippen MR) is 73.6 cm³/mol. The molecule has 1 aromatic carbocycles. The van der Waals surface area contributed by atoms with Crippen molar-refractivity contribution in [2.75, 3.05) is 7.11 Å². The van der Waals surface area contributed by atoms with Gasteiger partial charge in [-0.15, -0.1) is 0 Å². The maximum atomic E-state index is 5.54. The van der Waals surface area contributed by atoms with Crippen LogP contribution >= 0.6 is 0 Å². The largest absolute Gasteiger partial charge is 0.444 e. The second kappa shape index (κ2) is 7.07. The van der Waals surface area contributed by atoms with Crippen molar-refractivity contribution in [3.05, 3.63) is 53.2 Å². The fourth-order valence-electron chi connectivity index (χ4n) is 1.90. The Hall–Kier alpha value is -1.65. The van der Waals surface area contributed by atoms with E-state index in [0.29, 0.717) is 13.2 Å². The van der Waals surface area contributed by atoms with Crippen LogP contribution in [0.15, 0.2) is 34.9 Å². The molecule has 0 aliphatic carbocycles. The number of methoxy groups -OCH3 is 1. The monoisotopic (exact) mass is 260 g/mol. The Bertz CT molecular complexity index is 508. The van der Waals surface area contributed by atoms with Crippen molar-refractivity contribution in [2.24, 2.45) is 0 Å². The zero-order chi connectivity index (χ0) is 13.5. The molecule has 0 fully saturated rings. The molecular weight excluding hydrogens is 240 g/mol. The lowest BCUT2D eigenvalue weighted by atomic mass is 10.1. The number of rotatable bonds is 7.